The monoisotopic (exact) mass is 202 g/mol. The van der Waals surface area contributed by atoms with Crippen LogP contribution in [0.2, 0.25) is 0 Å². The Bertz CT molecular complexity index is 355. The molecule has 0 saturated carbocycles. The van der Waals surface area contributed by atoms with Gasteiger partial charge in [-0.1, -0.05) is 17.7 Å². The summed E-state index contributed by atoms with van der Waals surface area (Å²) in [5.41, 5.74) is 2.75. The quantitative estimate of drug-likeness (QED) is 0.686. The SMILES string of the molecule is Cc1ccc(N2C[C@H]3C[C@@H]2CN3C)cc1. The standard InChI is InChI=1S/C13H18N2/c1-10-3-5-11(6-4-10)15-9-12-7-13(15)8-14(12)2/h3-6,12-13H,7-9H2,1-2H3/t12-,13-/m1/s1. The topological polar surface area (TPSA) is 6.48 Å². The highest BCUT2D eigenvalue weighted by molar-refractivity contribution is 5.50. The predicted octanol–water partition coefficient (Wildman–Crippen LogP) is 1.89. The Kier molecular flexibility index (Phi) is 1.99. The summed E-state index contributed by atoms with van der Waals surface area (Å²) in [4.78, 5) is 5.07. The van der Waals surface area contributed by atoms with Gasteiger partial charge in [0.05, 0.1) is 0 Å². The maximum Gasteiger partial charge on any atom is 0.0433 e. The molecule has 0 N–H and O–H groups in total. The predicted molar refractivity (Wildman–Crippen MR) is 63.3 cm³/mol. The molecule has 3 rings (SSSR count). The Morgan fingerprint density at radius 2 is 1.80 bits per heavy atom. The highest BCUT2D eigenvalue weighted by atomic mass is 15.3. The van der Waals surface area contributed by atoms with Gasteiger partial charge >= 0.3 is 0 Å². The van der Waals surface area contributed by atoms with Crippen molar-refractivity contribution in [2.75, 3.05) is 25.0 Å². The van der Waals surface area contributed by atoms with E-state index in [9.17, 15) is 0 Å². The lowest BCUT2D eigenvalue weighted by Gasteiger charge is -2.33. The molecule has 0 unspecified atom stereocenters. The lowest BCUT2D eigenvalue weighted by atomic mass is 10.2. The molecular formula is C13H18N2. The van der Waals surface area contributed by atoms with E-state index in [-0.39, 0.29) is 0 Å². The first-order chi connectivity index (χ1) is 7.24. The second-order valence-electron chi connectivity index (χ2n) is 4.97. The van der Waals surface area contributed by atoms with Gasteiger partial charge in [-0.2, -0.15) is 0 Å². The summed E-state index contributed by atoms with van der Waals surface area (Å²) in [6.45, 7) is 4.59. The number of likely N-dealkylation sites (tertiary alicyclic amines) is 1. The summed E-state index contributed by atoms with van der Waals surface area (Å²) >= 11 is 0. The third kappa shape index (κ3) is 1.44. The van der Waals surface area contributed by atoms with Gasteiger partial charge in [0, 0.05) is 30.9 Å². The Labute approximate surface area is 91.5 Å². The van der Waals surface area contributed by atoms with Gasteiger partial charge in [-0.15, -0.1) is 0 Å². The van der Waals surface area contributed by atoms with Crippen molar-refractivity contribution in [3.05, 3.63) is 29.8 Å². The first kappa shape index (κ1) is 9.22. The van der Waals surface area contributed by atoms with E-state index in [2.05, 4.69) is 48.0 Å². The van der Waals surface area contributed by atoms with Crippen molar-refractivity contribution in [2.45, 2.75) is 25.4 Å². The maximum atomic E-state index is 2.57. The molecule has 80 valence electrons. The number of nitrogens with zero attached hydrogens (tertiary/aromatic N) is 2. The molecule has 2 bridgehead atoms. The molecule has 2 aliphatic rings. The Morgan fingerprint density at radius 1 is 1.07 bits per heavy atom. The molecule has 2 fully saturated rings. The molecule has 2 heterocycles. The molecule has 15 heavy (non-hydrogen) atoms. The van der Waals surface area contributed by atoms with E-state index in [1.54, 1.807) is 0 Å². The molecule has 0 aliphatic carbocycles. The van der Waals surface area contributed by atoms with Crippen LogP contribution in [0, 0.1) is 6.92 Å². The van der Waals surface area contributed by atoms with Gasteiger partial charge in [-0.3, -0.25) is 4.90 Å². The molecule has 0 amide bonds. The first-order valence-corrected chi connectivity index (χ1v) is 5.77. The minimum atomic E-state index is 0.753. The largest absolute Gasteiger partial charge is 0.366 e. The highest BCUT2D eigenvalue weighted by Crippen LogP contribution is 2.33. The van der Waals surface area contributed by atoms with Crippen LogP contribution in [0.1, 0.15) is 12.0 Å². The fraction of sp³-hybridized carbons (Fsp3) is 0.538. The molecule has 2 heteroatoms. The number of hydrogen-bond donors (Lipinski definition) is 0. The smallest absolute Gasteiger partial charge is 0.0433 e. The van der Waals surface area contributed by atoms with Crippen LogP contribution in [-0.4, -0.2) is 37.1 Å². The Balaban J connectivity index is 1.83. The van der Waals surface area contributed by atoms with Crippen LogP contribution in [0.5, 0.6) is 0 Å². The van der Waals surface area contributed by atoms with Crippen LogP contribution >= 0.6 is 0 Å². The van der Waals surface area contributed by atoms with E-state index in [0.717, 1.165) is 12.1 Å². The average molecular weight is 202 g/mol. The highest BCUT2D eigenvalue weighted by Gasteiger charge is 2.41. The van der Waals surface area contributed by atoms with Crippen LogP contribution in [0.25, 0.3) is 0 Å². The third-order valence-electron chi connectivity index (χ3n) is 3.88. The second-order valence-corrected chi connectivity index (χ2v) is 4.97. The van der Waals surface area contributed by atoms with Crippen molar-refractivity contribution in [1.29, 1.82) is 0 Å². The van der Waals surface area contributed by atoms with Gasteiger partial charge in [-0.05, 0) is 32.5 Å². The van der Waals surface area contributed by atoms with E-state index in [4.69, 9.17) is 0 Å². The normalized spacial score (nSPS) is 30.1. The van der Waals surface area contributed by atoms with Crippen molar-refractivity contribution in [3.8, 4) is 0 Å². The zero-order valence-corrected chi connectivity index (χ0v) is 9.48. The molecule has 2 saturated heterocycles. The molecule has 0 aromatic heterocycles. The van der Waals surface area contributed by atoms with Crippen LogP contribution in [0.3, 0.4) is 0 Å². The third-order valence-corrected chi connectivity index (χ3v) is 3.88. The van der Waals surface area contributed by atoms with Crippen LogP contribution in [0.4, 0.5) is 5.69 Å². The Hall–Kier alpha value is -1.02. The lowest BCUT2D eigenvalue weighted by molar-refractivity contribution is 0.292. The number of anilines is 1. The van der Waals surface area contributed by atoms with Crippen molar-refractivity contribution >= 4 is 5.69 Å². The van der Waals surface area contributed by atoms with Gasteiger partial charge < -0.3 is 4.90 Å². The second kappa shape index (κ2) is 3.24. The maximum absolute atomic E-state index is 2.57. The van der Waals surface area contributed by atoms with Gasteiger partial charge in [-0.25, -0.2) is 0 Å². The molecular weight excluding hydrogens is 184 g/mol. The molecule has 2 atom stereocenters. The fourth-order valence-electron chi connectivity index (χ4n) is 2.92. The van der Waals surface area contributed by atoms with Crippen molar-refractivity contribution in [3.63, 3.8) is 0 Å². The summed E-state index contributed by atoms with van der Waals surface area (Å²) in [5, 5.41) is 0. The number of piperazine rings is 1. The molecule has 2 nitrogen and oxygen atoms in total. The fourth-order valence-corrected chi connectivity index (χ4v) is 2.92. The van der Waals surface area contributed by atoms with E-state index in [1.165, 1.54) is 30.8 Å². The Morgan fingerprint density at radius 3 is 2.33 bits per heavy atom. The summed E-state index contributed by atoms with van der Waals surface area (Å²) in [6.07, 6.45) is 1.35. The van der Waals surface area contributed by atoms with E-state index in [1.807, 2.05) is 0 Å². The number of aryl methyl sites for hydroxylation is 1. The van der Waals surface area contributed by atoms with Gasteiger partial charge in [0.2, 0.25) is 0 Å². The molecule has 2 aliphatic heterocycles. The van der Waals surface area contributed by atoms with Crippen LogP contribution < -0.4 is 4.90 Å². The number of benzene rings is 1. The summed E-state index contributed by atoms with van der Waals surface area (Å²) in [5.74, 6) is 0. The molecule has 0 radical (unpaired) electrons. The number of rotatable bonds is 1. The van der Waals surface area contributed by atoms with Crippen molar-refractivity contribution in [2.24, 2.45) is 0 Å². The molecule has 0 spiro atoms. The van der Waals surface area contributed by atoms with Gasteiger partial charge in [0.1, 0.15) is 0 Å². The number of fused-ring (bicyclic) bond motifs is 2. The van der Waals surface area contributed by atoms with E-state index < -0.39 is 0 Å². The van der Waals surface area contributed by atoms with Crippen LogP contribution in [0.15, 0.2) is 24.3 Å². The average Bonchev–Trinajstić information content (AvgIpc) is 2.77. The van der Waals surface area contributed by atoms with E-state index >= 15 is 0 Å². The van der Waals surface area contributed by atoms with Crippen molar-refractivity contribution in [1.82, 2.24) is 4.90 Å². The zero-order chi connectivity index (χ0) is 10.4. The zero-order valence-electron chi connectivity index (χ0n) is 9.48. The van der Waals surface area contributed by atoms with Crippen LogP contribution in [-0.2, 0) is 0 Å². The summed E-state index contributed by atoms with van der Waals surface area (Å²) < 4.78 is 0. The minimum Gasteiger partial charge on any atom is -0.366 e. The molecule has 1 aromatic carbocycles. The number of hydrogen-bond acceptors (Lipinski definition) is 2. The summed E-state index contributed by atoms with van der Waals surface area (Å²) in [7, 11) is 2.25. The minimum absolute atomic E-state index is 0.753. The summed E-state index contributed by atoms with van der Waals surface area (Å²) in [6, 6.07) is 10.5. The van der Waals surface area contributed by atoms with Gasteiger partial charge in [0.15, 0.2) is 0 Å². The van der Waals surface area contributed by atoms with E-state index in [0.29, 0.717) is 0 Å². The molecule has 1 aromatic rings. The number of likely N-dealkylation sites (N-methyl/N-ethyl adjacent to an activating group) is 1. The lowest BCUT2D eigenvalue weighted by Crippen LogP contribution is -2.44. The van der Waals surface area contributed by atoms with Gasteiger partial charge in [0.25, 0.3) is 0 Å². The first-order valence-electron chi connectivity index (χ1n) is 5.77. The van der Waals surface area contributed by atoms with Crippen molar-refractivity contribution < 1.29 is 0 Å².